The summed E-state index contributed by atoms with van der Waals surface area (Å²) >= 11 is 1.55. The second-order valence-corrected chi connectivity index (χ2v) is 9.07. The lowest BCUT2D eigenvalue weighted by molar-refractivity contribution is 0.393. The van der Waals surface area contributed by atoms with Crippen molar-refractivity contribution in [2.24, 2.45) is 5.92 Å². The van der Waals surface area contributed by atoms with Gasteiger partial charge in [0.15, 0.2) is 0 Å². The second-order valence-electron chi connectivity index (χ2n) is 6.13. The van der Waals surface area contributed by atoms with Crippen LogP contribution >= 0.6 is 11.3 Å². The Morgan fingerprint density at radius 1 is 1.48 bits per heavy atom. The maximum absolute atomic E-state index is 12.9. The number of hydrogen-bond acceptors (Lipinski definition) is 4. The molecule has 6 heteroatoms. The van der Waals surface area contributed by atoms with Crippen LogP contribution in [0.25, 0.3) is 0 Å². The molecule has 1 aromatic rings. The van der Waals surface area contributed by atoms with E-state index in [9.17, 15) is 8.42 Å². The van der Waals surface area contributed by atoms with Crippen LogP contribution in [0.3, 0.4) is 0 Å². The second kappa shape index (κ2) is 6.77. The van der Waals surface area contributed by atoms with Crippen LogP contribution < -0.4 is 5.32 Å². The SMILES string of the molecule is CCC(C)CN(C)S(=O)(=O)c1c(C)csc1CNC1CC1. The summed E-state index contributed by atoms with van der Waals surface area (Å²) < 4.78 is 27.2. The van der Waals surface area contributed by atoms with Gasteiger partial charge in [-0.3, -0.25) is 0 Å². The molecule has 1 aliphatic rings. The number of sulfonamides is 1. The van der Waals surface area contributed by atoms with Crippen molar-refractivity contribution in [3.8, 4) is 0 Å². The van der Waals surface area contributed by atoms with Gasteiger partial charge in [-0.15, -0.1) is 11.3 Å². The van der Waals surface area contributed by atoms with Gasteiger partial charge in [0.2, 0.25) is 10.0 Å². The van der Waals surface area contributed by atoms with E-state index in [0.717, 1.165) is 16.9 Å². The molecule has 21 heavy (non-hydrogen) atoms. The van der Waals surface area contributed by atoms with Crippen LogP contribution in [0.15, 0.2) is 10.3 Å². The number of rotatable bonds is 8. The van der Waals surface area contributed by atoms with Gasteiger partial charge in [-0.25, -0.2) is 12.7 Å². The quantitative estimate of drug-likeness (QED) is 0.797. The van der Waals surface area contributed by atoms with Crippen LogP contribution in [-0.2, 0) is 16.6 Å². The number of nitrogens with one attached hydrogen (secondary N) is 1. The average molecular weight is 331 g/mol. The molecule has 1 unspecified atom stereocenters. The molecule has 1 heterocycles. The molecule has 0 bridgehead atoms. The highest BCUT2D eigenvalue weighted by molar-refractivity contribution is 7.89. The first-order valence-electron chi connectivity index (χ1n) is 7.63. The lowest BCUT2D eigenvalue weighted by Gasteiger charge is -2.21. The van der Waals surface area contributed by atoms with E-state index in [2.05, 4.69) is 19.2 Å². The summed E-state index contributed by atoms with van der Waals surface area (Å²) in [5.74, 6) is 0.372. The highest BCUT2D eigenvalue weighted by Gasteiger charge is 2.29. The van der Waals surface area contributed by atoms with Crippen LogP contribution in [0.5, 0.6) is 0 Å². The van der Waals surface area contributed by atoms with Crippen LogP contribution in [0, 0.1) is 12.8 Å². The van der Waals surface area contributed by atoms with E-state index in [0.29, 0.717) is 29.9 Å². The van der Waals surface area contributed by atoms with Gasteiger partial charge in [-0.05, 0) is 36.6 Å². The molecule has 2 rings (SSSR count). The van der Waals surface area contributed by atoms with Crippen LogP contribution in [0.1, 0.15) is 43.6 Å². The van der Waals surface area contributed by atoms with E-state index >= 15 is 0 Å². The van der Waals surface area contributed by atoms with E-state index < -0.39 is 10.0 Å². The Bertz CT molecular complexity index is 576. The van der Waals surface area contributed by atoms with E-state index in [1.54, 1.807) is 18.4 Å². The van der Waals surface area contributed by atoms with Crippen molar-refractivity contribution in [3.05, 3.63) is 15.8 Å². The van der Waals surface area contributed by atoms with Crippen molar-refractivity contribution in [3.63, 3.8) is 0 Å². The van der Waals surface area contributed by atoms with Crippen molar-refractivity contribution >= 4 is 21.4 Å². The topological polar surface area (TPSA) is 49.4 Å². The maximum Gasteiger partial charge on any atom is 0.244 e. The molecular weight excluding hydrogens is 304 g/mol. The molecule has 0 amide bonds. The van der Waals surface area contributed by atoms with Gasteiger partial charge in [0, 0.05) is 31.1 Å². The molecule has 1 aromatic heterocycles. The van der Waals surface area contributed by atoms with Crippen molar-refractivity contribution < 1.29 is 8.42 Å². The zero-order valence-electron chi connectivity index (χ0n) is 13.3. The monoisotopic (exact) mass is 330 g/mol. The van der Waals surface area contributed by atoms with Crippen molar-refractivity contribution in [1.82, 2.24) is 9.62 Å². The minimum absolute atomic E-state index is 0.372. The summed E-state index contributed by atoms with van der Waals surface area (Å²) in [7, 11) is -1.69. The lowest BCUT2D eigenvalue weighted by atomic mass is 10.1. The molecule has 0 radical (unpaired) electrons. The highest BCUT2D eigenvalue weighted by atomic mass is 32.2. The van der Waals surface area contributed by atoms with E-state index in [1.807, 2.05) is 12.3 Å². The fraction of sp³-hybridized carbons (Fsp3) is 0.733. The Balaban J connectivity index is 2.19. The third-order valence-corrected chi connectivity index (χ3v) is 7.34. The standard InChI is InChI=1S/C15H26N2O2S2/c1-5-11(2)9-17(4)21(18,19)15-12(3)10-20-14(15)8-16-13-6-7-13/h10-11,13,16H,5-9H2,1-4H3. The van der Waals surface area contributed by atoms with E-state index in [-0.39, 0.29) is 0 Å². The van der Waals surface area contributed by atoms with Gasteiger partial charge in [0.1, 0.15) is 4.90 Å². The molecule has 0 aromatic carbocycles. The first-order chi connectivity index (χ1) is 9.86. The summed E-state index contributed by atoms with van der Waals surface area (Å²) in [4.78, 5) is 1.46. The van der Waals surface area contributed by atoms with Crippen molar-refractivity contribution in [2.75, 3.05) is 13.6 Å². The Kier molecular flexibility index (Phi) is 5.46. The highest BCUT2D eigenvalue weighted by Crippen LogP contribution is 2.30. The first kappa shape index (κ1) is 16.9. The average Bonchev–Trinajstić information content (AvgIpc) is 3.18. The van der Waals surface area contributed by atoms with Crippen LogP contribution in [-0.4, -0.2) is 32.4 Å². The zero-order valence-corrected chi connectivity index (χ0v) is 15.0. The number of aryl methyl sites for hydroxylation is 1. The van der Waals surface area contributed by atoms with Crippen LogP contribution in [0.4, 0.5) is 0 Å². The minimum atomic E-state index is -3.39. The van der Waals surface area contributed by atoms with Gasteiger partial charge >= 0.3 is 0 Å². The van der Waals surface area contributed by atoms with Gasteiger partial charge < -0.3 is 5.32 Å². The Morgan fingerprint density at radius 2 is 2.14 bits per heavy atom. The number of thiophene rings is 1. The predicted molar refractivity (Wildman–Crippen MR) is 88.2 cm³/mol. The summed E-state index contributed by atoms with van der Waals surface area (Å²) in [6.07, 6.45) is 3.40. The Labute approximate surface area is 132 Å². The predicted octanol–water partition coefficient (Wildman–Crippen LogP) is 2.98. The summed E-state index contributed by atoms with van der Waals surface area (Å²) in [6, 6.07) is 0.584. The number of hydrogen-bond donors (Lipinski definition) is 1. The molecule has 1 atom stereocenters. The third kappa shape index (κ3) is 4.06. The summed E-state index contributed by atoms with van der Waals surface area (Å²) in [5, 5.41) is 5.37. The smallest absolute Gasteiger partial charge is 0.244 e. The Hall–Kier alpha value is -0.430. The molecule has 0 spiro atoms. The molecule has 1 N–H and O–H groups in total. The van der Waals surface area contributed by atoms with Gasteiger partial charge in [-0.1, -0.05) is 20.3 Å². The zero-order chi connectivity index (χ0) is 15.6. The van der Waals surface area contributed by atoms with E-state index in [1.165, 1.54) is 17.1 Å². The third-order valence-electron chi connectivity index (χ3n) is 4.05. The molecule has 1 fully saturated rings. The molecular formula is C15H26N2O2S2. The Morgan fingerprint density at radius 3 is 2.71 bits per heavy atom. The lowest BCUT2D eigenvalue weighted by Crippen LogP contribution is -2.32. The normalized spacial score (nSPS) is 17.4. The van der Waals surface area contributed by atoms with E-state index in [4.69, 9.17) is 0 Å². The maximum atomic E-state index is 12.9. The summed E-state index contributed by atoms with van der Waals surface area (Å²) in [5.41, 5.74) is 0.864. The van der Waals surface area contributed by atoms with Gasteiger partial charge in [0.05, 0.1) is 0 Å². The van der Waals surface area contributed by atoms with Gasteiger partial charge in [0.25, 0.3) is 0 Å². The molecule has 1 saturated carbocycles. The van der Waals surface area contributed by atoms with Crippen LogP contribution in [0.2, 0.25) is 0 Å². The molecule has 1 aliphatic carbocycles. The van der Waals surface area contributed by atoms with Crippen molar-refractivity contribution in [2.45, 2.75) is 57.5 Å². The fourth-order valence-electron chi connectivity index (χ4n) is 2.30. The minimum Gasteiger partial charge on any atom is -0.309 e. The molecule has 120 valence electrons. The molecule has 0 aliphatic heterocycles. The van der Waals surface area contributed by atoms with Gasteiger partial charge in [-0.2, -0.15) is 0 Å². The number of nitrogens with zero attached hydrogens (tertiary/aromatic N) is 1. The van der Waals surface area contributed by atoms with Crippen molar-refractivity contribution in [1.29, 1.82) is 0 Å². The summed E-state index contributed by atoms with van der Waals surface area (Å²) in [6.45, 7) is 7.30. The first-order valence-corrected chi connectivity index (χ1v) is 9.94. The molecule has 4 nitrogen and oxygen atoms in total. The largest absolute Gasteiger partial charge is 0.309 e. The molecule has 0 saturated heterocycles. The fourth-order valence-corrected chi connectivity index (χ4v) is 5.30.